The predicted molar refractivity (Wildman–Crippen MR) is 98.4 cm³/mol. The van der Waals surface area contributed by atoms with Crippen molar-refractivity contribution < 1.29 is 19.0 Å². The molecule has 0 fully saturated rings. The van der Waals surface area contributed by atoms with Gasteiger partial charge in [0.25, 0.3) is 5.91 Å². The van der Waals surface area contributed by atoms with Crippen LogP contribution in [0.1, 0.15) is 28.9 Å². The van der Waals surface area contributed by atoms with Gasteiger partial charge in [0, 0.05) is 11.1 Å². The zero-order valence-electron chi connectivity index (χ0n) is 14.4. The third-order valence-electron chi connectivity index (χ3n) is 3.72. The van der Waals surface area contributed by atoms with E-state index in [1.54, 1.807) is 26.4 Å². The van der Waals surface area contributed by atoms with Gasteiger partial charge in [0.1, 0.15) is 11.5 Å². The first-order valence-corrected chi connectivity index (χ1v) is 8.22. The van der Waals surface area contributed by atoms with Crippen LogP contribution in [0.2, 0.25) is 10.0 Å². The van der Waals surface area contributed by atoms with Crippen LogP contribution in [0.5, 0.6) is 17.2 Å². The second kappa shape index (κ2) is 8.32. The zero-order chi connectivity index (χ0) is 18.6. The first-order valence-electron chi connectivity index (χ1n) is 7.47. The van der Waals surface area contributed by atoms with Gasteiger partial charge in [-0.2, -0.15) is 0 Å². The first kappa shape index (κ1) is 19.2. The summed E-state index contributed by atoms with van der Waals surface area (Å²) < 4.78 is 15.7. The number of hydrogen-bond acceptors (Lipinski definition) is 4. The highest BCUT2D eigenvalue weighted by Gasteiger charge is 2.18. The lowest BCUT2D eigenvalue weighted by molar-refractivity contribution is 0.0939. The van der Waals surface area contributed by atoms with Crippen molar-refractivity contribution in [3.63, 3.8) is 0 Å². The van der Waals surface area contributed by atoms with Crippen LogP contribution in [0.4, 0.5) is 0 Å². The molecular formula is C18H19Cl2NO4. The van der Waals surface area contributed by atoms with Gasteiger partial charge in [-0.15, -0.1) is 0 Å². The van der Waals surface area contributed by atoms with Crippen LogP contribution in [-0.2, 0) is 0 Å². The third-order valence-corrected chi connectivity index (χ3v) is 4.28. The monoisotopic (exact) mass is 383 g/mol. The van der Waals surface area contributed by atoms with Crippen molar-refractivity contribution in [2.45, 2.75) is 13.0 Å². The highest BCUT2D eigenvalue weighted by molar-refractivity contribution is 6.37. The molecule has 0 aliphatic carbocycles. The standard InChI is InChI=1S/C18H19Cl2NO4/c1-10(13-9-12(23-2)5-6-16(13)24-3)21-18(22)11-7-14(19)17(25-4)15(20)8-11/h5-10H,1-4H3,(H,21,22). The molecule has 7 heteroatoms. The number of benzene rings is 2. The Morgan fingerprint density at radius 2 is 1.64 bits per heavy atom. The number of rotatable bonds is 6. The van der Waals surface area contributed by atoms with E-state index in [1.165, 1.54) is 19.2 Å². The normalized spacial score (nSPS) is 11.6. The smallest absolute Gasteiger partial charge is 0.251 e. The molecule has 0 spiro atoms. The molecule has 1 atom stereocenters. The van der Waals surface area contributed by atoms with E-state index in [9.17, 15) is 4.79 Å². The Hall–Kier alpha value is -2.11. The third kappa shape index (κ3) is 4.30. The number of halogens is 2. The van der Waals surface area contributed by atoms with Gasteiger partial charge in [0.05, 0.1) is 37.4 Å². The van der Waals surface area contributed by atoms with Gasteiger partial charge in [0.15, 0.2) is 5.75 Å². The number of carbonyl (C=O) groups excluding carboxylic acids is 1. The molecule has 2 aromatic carbocycles. The van der Waals surface area contributed by atoms with Crippen molar-refractivity contribution >= 4 is 29.1 Å². The molecule has 1 unspecified atom stereocenters. The Balaban J connectivity index is 2.26. The fourth-order valence-corrected chi connectivity index (χ4v) is 3.06. The zero-order valence-corrected chi connectivity index (χ0v) is 15.9. The van der Waals surface area contributed by atoms with Crippen molar-refractivity contribution in [1.29, 1.82) is 0 Å². The molecule has 134 valence electrons. The fourth-order valence-electron chi connectivity index (χ4n) is 2.42. The quantitative estimate of drug-likeness (QED) is 0.796. The lowest BCUT2D eigenvalue weighted by Gasteiger charge is -2.18. The van der Waals surface area contributed by atoms with Crippen LogP contribution in [-0.4, -0.2) is 27.2 Å². The molecule has 5 nitrogen and oxygen atoms in total. The summed E-state index contributed by atoms with van der Waals surface area (Å²) in [7, 11) is 4.61. The minimum Gasteiger partial charge on any atom is -0.497 e. The number of carbonyl (C=O) groups is 1. The van der Waals surface area contributed by atoms with Crippen molar-refractivity contribution in [3.05, 3.63) is 51.5 Å². The Morgan fingerprint density at radius 1 is 1.00 bits per heavy atom. The van der Waals surface area contributed by atoms with E-state index in [4.69, 9.17) is 37.4 Å². The van der Waals surface area contributed by atoms with Gasteiger partial charge >= 0.3 is 0 Å². The second-order valence-electron chi connectivity index (χ2n) is 5.28. The molecule has 0 aliphatic heterocycles. The molecule has 25 heavy (non-hydrogen) atoms. The summed E-state index contributed by atoms with van der Waals surface area (Å²) in [6, 6.07) is 8.10. The molecule has 0 saturated carbocycles. The lowest BCUT2D eigenvalue weighted by Crippen LogP contribution is -2.27. The molecule has 1 N–H and O–H groups in total. The maximum Gasteiger partial charge on any atom is 0.251 e. The summed E-state index contributed by atoms with van der Waals surface area (Å²) in [5, 5.41) is 3.44. The van der Waals surface area contributed by atoms with Crippen molar-refractivity contribution in [3.8, 4) is 17.2 Å². The maximum absolute atomic E-state index is 12.5. The molecule has 0 radical (unpaired) electrons. The minimum atomic E-state index is -0.322. The summed E-state index contributed by atoms with van der Waals surface area (Å²) in [6.45, 7) is 1.85. The van der Waals surface area contributed by atoms with Gasteiger partial charge in [-0.1, -0.05) is 23.2 Å². The summed E-state index contributed by atoms with van der Waals surface area (Å²) in [5.41, 5.74) is 1.13. The van der Waals surface area contributed by atoms with Gasteiger partial charge < -0.3 is 19.5 Å². The van der Waals surface area contributed by atoms with Crippen LogP contribution in [0.25, 0.3) is 0 Å². The van der Waals surface area contributed by atoms with Gasteiger partial charge in [-0.05, 0) is 37.3 Å². The number of methoxy groups -OCH3 is 3. The molecule has 0 heterocycles. The maximum atomic E-state index is 12.5. The predicted octanol–water partition coefficient (Wildman–Crippen LogP) is 4.51. The van der Waals surface area contributed by atoms with E-state index in [0.29, 0.717) is 22.8 Å². The van der Waals surface area contributed by atoms with E-state index in [2.05, 4.69) is 5.32 Å². The number of amides is 1. The molecule has 0 aliphatic rings. The van der Waals surface area contributed by atoms with E-state index in [1.807, 2.05) is 13.0 Å². The minimum absolute atomic E-state index is 0.270. The van der Waals surface area contributed by atoms with Crippen LogP contribution in [0.3, 0.4) is 0 Å². The van der Waals surface area contributed by atoms with Gasteiger partial charge in [0.2, 0.25) is 0 Å². The average Bonchev–Trinajstić information content (AvgIpc) is 2.60. The van der Waals surface area contributed by atoms with Crippen molar-refractivity contribution in [1.82, 2.24) is 5.32 Å². The lowest BCUT2D eigenvalue weighted by atomic mass is 10.1. The van der Waals surface area contributed by atoms with Crippen LogP contribution < -0.4 is 19.5 Å². The fraction of sp³-hybridized carbons (Fsp3) is 0.278. The van der Waals surface area contributed by atoms with Gasteiger partial charge in [-0.3, -0.25) is 4.79 Å². The van der Waals surface area contributed by atoms with E-state index < -0.39 is 0 Å². The van der Waals surface area contributed by atoms with Crippen molar-refractivity contribution in [2.75, 3.05) is 21.3 Å². The summed E-state index contributed by atoms with van der Waals surface area (Å²) in [6.07, 6.45) is 0. The Bertz CT molecular complexity index is 757. The molecule has 2 rings (SSSR count). The van der Waals surface area contributed by atoms with E-state index in [-0.39, 0.29) is 22.0 Å². The molecule has 0 aromatic heterocycles. The van der Waals surface area contributed by atoms with Gasteiger partial charge in [-0.25, -0.2) is 0 Å². The largest absolute Gasteiger partial charge is 0.497 e. The number of ether oxygens (including phenoxy) is 3. The molecular weight excluding hydrogens is 365 g/mol. The van der Waals surface area contributed by atoms with Crippen LogP contribution in [0.15, 0.2) is 30.3 Å². The topological polar surface area (TPSA) is 56.8 Å². The highest BCUT2D eigenvalue weighted by Crippen LogP contribution is 2.34. The second-order valence-corrected chi connectivity index (χ2v) is 6.09. The Labute approximate surface area is 156 Å². The average molecular weight is 384 g/mol. The molecule has 2 aromatic rings. The van der Waals surface area contributed by atoms with Crippen LogP contribution in [0, 0.1) is 0 Å². The highest BCUT2D eigenvalue weighted by atomic mass is 35.5. The number of hydrogen-bond donors (Lipinski definition) is 1. The van der Waals surface area contributed by atoms with Crippen LogP contribution >= 0.6 is 23.2 Å². The Morgan fingerprint density at radius 3 is 2.16 bits per heavy atom. The summed E-state index contributed by atoms with van der Waals surface area (Å²) in [4.78, 5) is 12.5. The first-order chi connectivity index (χ1) is 11.9. The molecule has 1 amide bonds. The molecule has 0 bridgehead atoms. The van der Waals surface area contributed by atoms with Crippen molar-refractivity contribution in [2.24, 2.45) is 0 Å². The molecule has 0 saturated heterocycles. The van der Waals surface area contributed by atoms with E-state index in [0.717, 1.165) is 5.56 Å². The van der Waals surface area contributed by atoms with E-state index >= 15 is 0 Å². The summed E-state index contributed by atoms with van der Waals surface area (Å²) >= 11 is 12.2. The summed E-state index contributed by atoms with van der Waals surface area (Å²) in [5.74, 6) is 1.35. The SMILES string of the molecule is COc1ccc(OC)c(C(C)NC(=O)c2cc(Cl)c(OC)c(Cl)c2)c1. The number of nitrogens with one attached hydrogen (secondary N) is 1. The Kier molecular flexibility index (Phi) is 6.39.